The van der Waals surface area contributed by atoms with Crippen molar-refractivity contribution in [1.82, 2.24) is 4.98 Å². The smallest absolute Gasteiger partial charge is 0.145 e. The molecule has 0 aliphatic rings. The fraction of sp³-hybridized carbons (Fsp3) is 0.0769. The molecule has 1 radical (unpaired) electrons. The minimum atomic E-state index is 0.742. The lowest BCUT2D eigenvalue weighted by Gasteiger charge is -2.08. The van der Waals surface area contributed by atoms with E-state index in [9.17, 15) is 0 Å². The van der Waals surface area contributed by atoms with E-state index in [2.05, 4.69) is 11.9 Å². The molecule has 0 bridgehead atoms. The molecular formula is C13H12NO. The van der Waals surface area contributed by atoms with Gasteiger partial charge in [0.25, 0.3) is 0 Å². The second-order valence-electron chi connectivity index (χ2n) is 3.39. The predicted molar refractivity (Wildman–Crippen MR) is 59.9 cm³/mol. The van der Waals surface area contributed by atoms with Gasteiger partial charge in [-0.3, -0.25) is 4.98 Å². The molecule has 0 aliphatic heterocycles. The first-order valence-electron chi connectivity index (χ1n) is 4.76. The van der Waals surface area contributed by atoms with E-state index in [1.165, 1.54) is 0 Å². The summed E-state index contributed by atoms with van der Waals surface area (Å²) in [7, 11) is 0. The third-order valence-corrected chi connectivity index (χ3v) is 2.11. The number of rotatable bonds is 2. The van der Waals surface area contributed by atoms with Gasteiger partial charge >= 0.3 is 0 Å². The van der Waals surface area contributed by atoms with Gasteiger partial charge in [0.2, 0.25) is 0 Å². The minimum absolute atomic E-state index is 0.742. The van der Waals surface area contributed by atoms with Gasteiger partial charge in [0.05, 0.1) is 6.20 Å². The number of pyridine rings is 1. The van der Waals surface area contributed by atoms with Gasteiger partial charge in [-0.2, -0.15) is 0 Å². The summed E-state index contributed by atoms with van der Waals surface area (Å²) in [6, 6.07) is 9.60. The molecule has 0 spiro atoms. The number of ether oxygens (including phenoxy) is 1. The van der Waals surface area contributed by atoms with Crippen molar-refractivity contribution in [2.75, 3.05) is 0 Å². The molecule has 0 unspecified atom stereocenters. The number of hydrogen-bond acceptors (Lipinski definition) is 2. The van der Waals surface area contributed by atoms with Crippen LogP contribution in [0.25, 0.3) is 0 Å². The van der Waals surface area contributed by atoms with E-state index >= 15 is 0 Å². The molecule has 15 heavy (non-hydrogen) atoms. The van der Waals surface area contributed by atoms with E-state index in [1.807, 2.05) is 37.3 Å². The highest BCUT2D eigenvalue weighted by Gasteiger charge is 2.01. The van der Waals surface area contributed by atoms with Crippen molar-refractivity contribution >= 4 is 0 Å². The first-order chi connectivity index (χ1) is 7.25. The first-order valence-corrected chi connectivity index (χ1v) is 4.76. The maximum Gasteiger partial charge on any atom is 0.145 e. The van der Waals surface area contributed by atoms with Crippen molar-refractivity contribution in [2.24, 2.45) is 0 Å². The Hall–Kier alpha value is -1.83. The Morgan fingerprint density at radius 3 is 2.87 bits per heavy atom. The van der Waals surface area contributed by atoms with Crippen molar-refractivity contribution < 1.29 is 4.74 Å². The lowest BCUT2D eigenvalue weighted by atomic mass is 10.1. The number of nitrogens with zero attached hydrogens (tertiary/aromatic N) is 1. The average molecular weight is 198 g/mol. The molecule has 2 aromatic rings. The van der Waals surface area contributed by atoms with Crippen LogP contribution in [0.4, 0.5) is 0 Å². The van der Waals surface area contributed by atoms with Crippen LogP contribution in [0.1, 0.15) is 11.1 Å². The van der Waals surface area contributed by atoms with E-state index in [0.717, 1.165) is 22.6 Å². The molecule has 0 aliphatic carbocycles. The molecule has 0 N–H and O–H groups in total. The Kier molecular flexibility index (Phi) is 2.68. The Morgan fingerprint density at radius 1 is 1.27 bits per heavy atom. The SMILES string of the molecule is [CH2]c1ccc(C)c(Oc2cccnc2)c1. The maximum atomic E-state index is 5.69. The molecule has 0 saturated carbocycles. The summed E-state index contributed by atoms with van der Waals surface area (Å²) in [6.45, 7) is 5.87. The van der Waals surface area contributed by atoms with Gasteiger partial charge < -0.3 is 4.74 Å². The zero-order valence-corrected chi connectivity index (χ0v) is 8.60. The summed E-state index contributed by atoms with van der Waals surface area (Å²) >= 11 is 0. The van der Waals surface area contributed by atoms with Crippen molar-refractivity contribution in [1.29, 1.82) is 0 Å². The highest BCUT2D eigenvalue weighted by atomic mass is 16.5. The highest BCUT2D eigenvalue weighted by Crippen LogP contribution is 2.24. The van der Waals surface area contributed by atoms with Crippen LogP contribution in [0.5, 0.6) is 11.5 Å². The molecule has 1 heterocycles. The second-order valence-corrected chi connectivity index (χ2v) is 3.39. The van der Waals surface area contributed by atoms with E-state index in [4.69, 9.17) is 4.74 Å². The van der Waals surface area contributed by atoms with Crippen LogP contribution in [0.2, 0.25) is 0 Å². The number of aromatic nitrogens is 1. The van der Waals surface area contributed by atoms with Gasteiger partial charge in [0, 0.05) is 6.20 Å². The molecule has 2 heteroatoms. The third-order valence-electron chi connectivity index (χ3n) is 2.11. The van der Waals surface area contributed by atoms with Crippen LogP contribution in [-0.4, -0.2) is 4.98 Å². The van der Waals surface area contributed by atoms with Crippen molar-refractivity contribution in [3.63, 3.8) is 0 Å². The largest absolute Gasteiger partial charge is 0.455 e. The second kappa shape index (κ2) is 4.13. The third kappa shape index (κ3) is 2.34. The lowest BCUT2D eigenvalue weighted by Crippen LogP contribution is -1.88. The summed E-state index contributed by atoms with van der Waals surface area (Å²) < 4.78 is 5.69. The van der Waals surface area contributed by atoms with Crippen molar-refractivity contribution in [3.05, 3.63) is 60.8 Å². The molecule has 2 nitrogen and oxygen atoms in total. The Labute approximate surface area is 89.6 Å². The fourth-order valence-corrected chi connectivity index (χ4v) is 1.29. The molecule has 0 atom stereocenters. The van der Waals surface area contributed by atoms with Crippen LogP contribution >= 0.6 is 0 Å². The maximum absolute atomic E-state index is 5.69. The predicted octanol–water partition coefficient (Wildman–Crippen LogP) is 3.36. The summed E-state index contributed by atoms with van der Waals surface area (Å²) in [5, 5.41) is 0. The quantitative estimate of drug-likeness (QED) is 0.738. The Balaban J connectivity index is 2.28. The topological polar surface area (TPSA) is 22.1 Å². The molecule has 75 valence electrons. The summed E-state index contributed by atoms with van der Waals surface area (Å²) in [5.41, 5.74) is 2.03. The van der Waals surface area contributed by atoms with Crippen LogP contribution in [0.3, 0.4) is 0 Å². The van der Waals surface area contributed by atoms with Gasteiger partial charge in [-0.05, 0) is 43.2 Å². The summed E-state index contributed by atoms with van der Waals surface area (Å²) in [5.74, 6) is 1.57. The molecule has 0 fully saturated rings. The van der Waals surface area contributed by atoms with Crippen LogP contribution in [0.15, 0.2) is 42.7 Å². The van der Waals surface area contributed by atoms with E-state index in [-0.39, 0.29) is 0 Å². The van der Waals surface area contributed by atoms with Gasteiger partial charge in [-0.25, -0.2) is 0 Å². The minimum Gasteiger partial charge on any atom is -0.455 e. The normalized spacial score (nSPS) is 10.0. The average Bonchev–Trinajstić information content (AvgIpc) is 2.25. The van der Waals surface area contributed by atoms with E-state index in [1.54, 1.807) is 12.4 Å². The molecule has 1 aromatic heterocycles. The van der Waals surface area contributed by atoms with Crippen molar-refractivity contribution in [3.8, 4) is 11.5 Å². The Bertz CT molecular complexity index is 451. The fourth-order valence-electron chi connectivity index (χ4n) is 1.29. The molecule has 0 saturated heterocycles. The van der Waals surface area contributed by atoms with Gasteiger partial charge in [-0.1, -0.05) is 12.1 Å². The highest BCUT2D eigenvalue weighted by molar-refractivity contribution is 5.40. The van der Waals surface area contributed by atoms with Gasteiger partial charge in [-0.15, -0.1) is 0 Å². The zero-order valence-electron chi connectivity index (χ0n) is 8.60. The Morgan fingerprint density at radius 2 is 2.13 bits per heavy atom. The molecule has 1 aromatic carbocycles. The van der Waals surface area contributed by atoms with Crippen LogP contribution in [0, 0.1) is 13.8 Å². The monoisotopic (exact) mass is 198 g/mol. The molecule has 2 rings (SSSR count). The number of benzene rings is 1. The van der Waals surface area contributed by atoms with Crippen LogP contribution < -0.4 is 4.74 Å². The lowest BCUT2D eigenvalue weighted by molar-refractivity contribution is 0.476. The molecular weight excluding hydrogens is 186 g/mol. The number of hydrogen-bond donors (Lipinski definition) is 0. The zero-order chi connectivity index (χ0) is 10.7. The van der Waals surface area contributed by atoms with Gasteiger partial charge in [0.1, 0.15) is 11.5 Å². The first kappa shape index (κ1) is 9.71. The summed E-state index contributed by atoms with van der Waals surface area (Å²) in [6.07, 6.45) is 3.41. The number of aryl methyl sites for hydroxylation is 1. The summed E-state index contributed by atoms with van der Waals surface area (Å²) in [4.78, 5) is 3.99. The van der Waals surface area contributed by atoms with Crippen molar-refractivity contribution in [2.45, 2.75) is 6.92 Å². The van der Waals surface area contributed by atoms with Crippen LogP contribution in [-0.2, 0) is 0 Å². The van der Waals surface area contributed by atoms with E-state index < -0.39 is 0 Å². The van der Waals surface area contributed by atoms with E-state index in [0.29, 0.717) is 0 Å². The standard InChI is InChI=1S/C13H12NO/c1-10-5-6-11(2)13(8-10)15-12-4-3-7-14-9-12/h3-9H,1H2,2H3. The van der Waals surface area contributed by atoms with Gasteiger partial charge in [0.15, 0.2) is 0 Å². The molecule has 0 amide bonds.